The van der Waals surface area contributed by atoms with Gasteiger partial charge in [-0.05, 0) is 18.2 Å². The summed E-state index contributed by atoms with van der Waals surface area (Å²) in [5.41, 5.74) is 0.263. The third kappa shape index (κ3) is 3.03. The molecule has 0 unspecified atom stereocenters. The van der Waals surface area contributed by atoms with Gasteiger partial charge in [0.1, 0.15) is 22.7 Å². The Labute approximate surface area is 112 Å². The van der Waals surface area contributed by atoms with Crippen LogP contribution in [0.1, 0.15) is 16.1 Å². The largest absolute Gasteiger partial charge is 0.319 e. The highest BCUT2D eigenvalue weighted by molar-refractivity contribution is 6.29. The molecule has 19 heavy (non-hydrogen) atoms. The van der Waals surface area contributed by atoms with Crippen molar-refractivity contribution in [2.75, 3.05) is 5.32 Å². The Kier molecular flexibility index (Phi) is 3.68. The number of hydrogen-bond donors (Lipinski definition) is 1. The van der Waals surface area contributed by atoms with Gasteiger partial charge in [-0.25, -0.2) is 14.4 Å². The van der Waals surface area contributed by atoms with Gasteiger partial charge in [0.15, 0.2) is 0 Å². The van der Waals surface area contributed by atoms with Crippen LogP contribution < -0.4 is 5.32 Å². The van der Waals surface area contributed by atoms with Crippen molar-refractivity contribution in [2.45, 2.75) is 0 Å². The molecule has 0 spiro atoms. The molecule has 0 saturated carbocycles. The third-order valence-corrected chi connectivity index (χ3v) is 2.40. The summed E-state index contributed by atoms with van der Waals surface area (Å²) < 4.78 is 12.9. The molecule has 0 aliphatic heterocycles. The Morgan fingerprint density at radius 2 is 2.16 bits per heavy atom. The van der Waals surface area contributed by atoms with Gasteiger partial charge in [0.05, 0.1) is 23.6 Å². The number of nitrogens with one attached hydrogen (secondary N) is 1. The highest BCUT2D eigenvalue weighted by Gasteiger charge is 2.11. The van der Waals surface area contributed by atoms with Crippen molar-refractivity contribution in [3.63, 3.8) is 0 Å². The Morgan fingerprint density at radius 3 is 2.79 bits per heavy atom. The summed E-state index contributed by atoms with van der Waals surface area (Å²) in [5, 5.41) is 11.5. The average Bonchev–Trinajstić information content (AvgIpc) is 2.41. The molecular formula is C12H6ClFN4O. The summed E-state index contributed by atoms with van der Waals surface area (Å²) in [5.74, 6) is -1.12. The van der Waals surface area contributed by atoms with Crippen LogP contribution in [0.5, 0.6) is 0 Å². The van der Waals surface area contributed by atoms with Crippen LogP contribution in [-0.2, 0) is 0 Å². The second-order valence-electron chi connectivity index (χ2n) is 3.48. The zero-order valence-electron chi connectivity index (χ0n) is 9.39. The number of rotatable bonds is 2. The fourth-order valence-electron chi connectivity index (χ4n) is 1.33. The van der Waals surface area contributed by atoms with Gasteiger partial charge in [-0.1, -0.05) is 11.6 Å². The molecule has 1 heterocycles. The van der Waals surface area contributed by atoms with E-state index in [1.54, 1.807) is 6.07 Å². The van der Waals surface area contributed by atoms with Gasteiger partial charge in [0.25, 0.3) is 5.91 Å². The topological polar surface area (TPSA) is 78.7 Å². The van der Waals surface area contributed by atoms with Gasteiger partial charge >= 0.3 is 0 Å². The molecule has 1 aromatic carbocycles. The van der Waals surface area contributed by atoms with E-state index >= 15 is 0 Å². The van der Waals surface area contributed by atoms with Gasteiger partial charge in [-0.15, -0.1) is 0 Å². The summed E-state index contributed by atoms with van der Waals surface area (Å²) in [6, 6.07) is 5.26. The van der Waals surface area contributed by atoms with E-state index in [1.807, 2.05) is 0 Å². The number of nitriles is 1. The van der Waals surface area contributed by atoms with Crippen LogP contribution in [0.4, 0.5) is 10.1 Å². The standard InChI is InChI=1S/C12H6ClFN4O/c13-11-6-16-10(5-17-11)12(19)18-9-2-1-8(14)3-7(9)4-15/h1-3,5-6H,(H,18,19). The molecular weight excluding hydrogens is 271 g/mol. The summed E-state index contributed by atoms with van der Waals surface area (Å²) >= 11 is 5.55. The first-order valence-electron chi connectivity index (χ1n) is 5.08. The third-order valence-electron chi connectivity index (χ3n) is 2.20. The predicted molar refractivity (Wildman–Crippen MR) is 66.1 cm³/mol. The smallest absolute Gasteiger partial charge is 0.275 e. The van der Waals surface area contributed by atoms with E-state index in [4.69, 9.17) is 16.9 Å². The Hall–Kier alpha value is -2.52. The summed E-state index contributed by atoms with van der Waals surface area (Å²) in [4.78, 5) is 19.3. The first-order chi connectivity index (χ1) is 9.10. The van der Waals surface area contributed by atoms with E-state index < -0.39 is 11.7 Å². The lowest BCUT2D eigenvalue weighted by Gasteiger charge is -2.06. The van der Waals surface area contributed by atoms with Crippen LogP contribution in [0.25, 0.3) is 0 Å². The molecule has 0 aliphatic rings. The molecule has 94 valence electrons. The first-order valence-corrected chi connectivity index (χ1v) is 5.46. The van der Waals surface area contributed by atoms with Crippen molar-refractivity contribution < 1.29 is 9.18 Å². The van der Waals surface area contributed by atoms with Crippen LogP contribution in [0.15, 0.2) is 30.6 Å². The maximum absolute atomic E-state index is 12.9. The number of aromatic nitrogens is 2. The Morgan fingerprint density at radius 1 is 1.37 bits per heavy atom. The fourth-order valence-corrected chi connectivity index (χ4v) is 1.43. The second-order valence-corrected chi connectivity index (χ2v) is 3.87. The summed E-state index contributed by atoms with van der Waals surface area (Å²) in [6.45, 7) is 0. The quantitative estimate of drug-likeness (QED) is 0.913. The van der Waals surface area contributed by atoms with E-state index in [0.29, 0.717) is 0 Å². The SMILES string of the molecule is N#Cc1cc(F)ccc1NC(=O)c1cnc(Cl)cn1. The lowest BCUT2D eigenvalue weighted by atomic mass is 10.2. The molecule has 0 saturated heterocycles. The van der Waals surface area contributed by atoms with Gasteiger partial charge in [0, 0.05) is 0 Å². The molecule has 2 rings (SSSR count). The molecule has 0 fully saturated rings. The van der Waals surface area contributed by atoms with E-state index in [-0.39, 0.29) is 22.1 Å². The molecule has 7 heteroatoms. The van der Waals surface area contributed by atoms with E-state index in [9.17, 15) is 9.18 Å². The molecule has 0 aliphatic carbocycles. The number of benzene rings is 1. The number of hydrogen-bond acceptors (Lipinski definition) is 4. The van der Waals surface area contributed by atoms with Crippen molar-refractivity contribution in [1.82, 2.24) is 9.97 Å². The highest BCUT2D eigenvalue weighted by Crippen LogP contribution is 2.16. The van der Waals surface area contributed by atoms with Crippen LogP contribution in [0, 0.1) is 17.1 Å². The van der Waals surface area contributed by atoms with Crippen LogP contribution >= 0.6 is 11.6 Å². The van der Waals surface area contributed by atoms with Crippen LogP contribution in [0.3, 0.4) is 0 Å². The van der Waals surface area contributed by atoms with Crippen LogP contribution in [0.2, 0.25) is 5.15 Å². The van der Waals surface area contributed by atoms with Gasteiger partial charge in [-0.3, -0.25) is 4.79 Å². The molecule has 0 atom stereocenters. The molecule has 0 bridgehead atoms. The molecule has 1 N–H and O–H groups in total. The minimum Gasteiger partial charge on any atom is -0.319 e. The average molecular weight is 277 g/mol. The van der Waals surface area contributed by atoms with Crippen molar-refractivity contribution >= 4 is 23.2 Å². The van der Waals surface area contributed by atoms with Gasteiger partial charge in [0.2, 0.25) is 0 Å². The van der Waals surface area contributed by atoms with Gasteiger partial charge < -0.3 is 5.32 Å². The van der Waals surface area contributed by atoms with Crippen LogP contribution in [-0.4, -0.2) is 15.9 Å². The fraction of sp³-hybridized carbons (Fsp3) is 0. The van der Waals surface area contributed by atoms with E-state index in [0.717, 1.165) is 12.1 Å². The Balaban J connectivity index is 2.24. The molecule has 1 aromatic heterocycles. The molecule has 0 radical (unpaired) electrons. The van der Waals surface area contributed by atoms with Crippen molar-refractivity contribution in [3.8, 4) is 6.07 Å². The minimum absolute atomic E-state index is 0.0234. The van der Waals surface area contributed by atoms with E-state index in [2.05, 4.69) is 15.3 Å². The lowest BCUT2D eigenvalue weighted by molar-refractivity contribution is 0.102. The maximum atomic E-state index is 12.9. The molecule has 1 amide bonds. The number of halogens is 2. The number of carbonyl (C=O) groups is 1. The molecule has 2 aromatic rings. The highest BCUT2D eigenvalue weighted by atomic mass is 35.5. The first kappa shape index (κ1) is 12.9. The summed E-state index contributed by atoms with van der Waals surface area (Å²) in [7, 11) is 0. The lowest BCUT2D eigenvalue weighted by Crippen LogP contribution is -2.14. The van der Waals surface area contributed by atoms with Crippen molar-refractivity contribution in [3.05, 3.63) is 52.8 Å². The number of amides is 1. The van der Waals surface area contributed by atoms with Crippen molar-refractivity contribution in [1.29, 1.82) is 5.26 Å². The zero-order chi connectivity index (χ0) is 13.8. The number of nitrogens with zero attached hydrogens (tertiary/aromatic N) is 3. The monoisotopic (exact) mass is 276 g/mol. The predicted octanol–water partition coefficient (Wildman–Crippen LogP) is 2.39. The maximum Gasteiger partial charge on any atom is 0.275 e. The van der Waals surface area contributed by atoms with E-state index in [1.165, 1.54) is 18.5 Å². The second kappa shape index (κ2) is 5.42. The molecule has 5 nitrogen and oxygen atoms in total. The number of carbonyl (C=O) groups excluding carboxylic acids is 1. The van der Waals surface area contributed by atoms with Crippen molar-refractivity contribution in [2.24, 2.45) is 0 Å². The minimum atomic E-state index is -0.563. The number of anilines is 1. The summed E-state index contributed by atoms with van der Waals surface area (Å²) in [6.07, 6.45) is 2.43. The van der Waals surface area contributed by atoms with Gasteiger partial charge in [-0.2, -0.15) is 5.26 Å². The Bertz CT molecular complexity index is 666. The normalized spacial score (nSPS) is 9.74. The zero-order valence-corrected chi connectivity index (χ0v) is 10.1.